The van der Waals surface area contributed by atoms with Crippen molar-refractivity contribution in [1.82, 2.24) is 9.55 Å². The van der Waals surface area contributed by atoms with Gasteiger partial charge in [-0.3, -0.25) is 4.57 Å². The summed E-state index contributed by atoms with van der Waals surface area (Å²) in [6, 6.07) is 13.8. The summed E-state index contributed by atoms with van der Waals surface area (Å²) in [5.41, 5.74) is 6.02. The van der Waals surface area contributed by atoms with Gasteiger partial charge < -0.3 is 24.3 Å². The second kappa shape index (κ2) is 14.2. The van der Waals surface area contributed by atoms with Gasteiger partial charge in [-0.15, -0.1) is 0 Å². The number of esters is 3. The third-order valence-corrected chi connectivity index (χ3v) is 7.02. The van der Waals surface area contributed by atoms with Gasteiger partial charge in [0, 0.05) is 16.1 Å². The molecule has 0 bridgehead atoms. The van der Waals surface area contributed by atoms with Crippen LogP contribution in [0.5, 0.6) is 0 Å². The Morgan fingerprint density at radius 3 is 2.49 bits per heavy atom. The molecule has 1 N–H and O–H groups in total. The zero-order chi connectivity index (χ0) is 32.7. The van der Waals surface area contributed by atoms with Crippen molar-refractivity contribution in [2.45, 2.75) is 44.1 Å². The smallest absolute Gasteiger partial charge is 0.351 e. The summed E-state index contributed by atoms with van der Waals surface area (Å²) in [6.07, 6.45) is -5.05. The zero-order valence-corrected chi connectivity index (χ0v) is 25.0. The van der Waals surface area contributed by atoms with Crippen molar-refractivity contribution in [2.24, 2.45) is 11.0 Å². The van der Waals surface area contributed by atoms with Crippen LogP contribution in [0.15, 0.2) is 76.8 Å². The van der Waals surface area contributed by atoms with Crippen molar-refractivity contribution in [3.63, 3.8) is 0 Å². The van der Waals surface area contributed by atoms with Gasteiger partial charge >= 0.3 is 23.6 Å². The molecule has 2 aromatic carbocycles. The number of alkyl halides is 1. The largest absolute Gasteiger partial charge is 0.467 e. The van der Waals surface area contributed by atoms with Gasteiger partial charge in [0.1, 0.15) is 18.5 Å². The molecule has 0 amide bonds. The number of carbonyl (C=O) groups is 3. The van der Waals surface area contributed by atoms with Gasteiger partial charge in [0.05, 0.1) is 18.2 Å². The van der Waals surface area contributed by atoms with E-state index in [0.717, 1.165) is 10.8 Å². The third-order valence-electron chi connectivity index (χ3n) is 6.79. The summed E-state index contributed by atoms with van der Waals surface area (Å²) in [7, 11) is 1.22. The highest BCUT2D eigenvalue weighted by Gasteiger charge is 2.60. The Morgan fingerprint density at radius 2 is 1.87 bits per heavy atom. The highest BCUT2D eigenvalue weighted by molar-refractivity contribution is 6.30. The number of azide groups is 1. The van der Waals surface area contributed by atoms with Crippen molar-refractivity contribution in [1.29, 1.82) is 0 Å². The van der Waals surface area contributed by atoms with Crippen LogP contribution in [0.3, 0.4) is 0 Å². The molecule has 2 unspecified atom stereocenters. The van der Waals surface area contributed by atoms with Gasteiger partial charge in [-0.25, -0.2) is 23.6 Å². The molecule has 1 fully saturated rings. The lowest BCUT2D eigenvalue weighted by Crippen LogP contribution is -2.47. The minimum atomic E-state index is -2.46. The fourth-order valence-corrected chi connectivity index (χ4v) is 4.69. The third kappa shape index (κ3) is 7.40. The maximum atomic E-state index is 16.3. The molecule has 4 rings (SSSR count). The van der Waals surface area contributed by atoms with Crippen LogP contribution in [-0.4, -0.2) is 65.2 Å². The number of hydrogen-bond acceptors (Lipinski definition) is 11. The first-order valence-electron chi connectivity index (χ1n) is 13.5. The quantitative estimate of drug-likeness (QED) is 0.103. The lowest BCUT2D eigenvalue weighted by atomic mass is 10.0. The van der Waals surface area contributed by atoms with E-state index in [1.54, 1.807) is 32.0 Å². The molecule has 14 nitrogen and oxygen atoms in total. The fraction of sp³-hybridized carbons (Fsp3) is 0.345. The second-order valence-corrected chi connectivity index (χ2v) is 10.6. The van der Waals surface area contributed by atoms with Crippen LogP contribution in [0, 0.1) is 5.92 Å². The van der Waals surface area contributed by atoms with E-state index >= 15 is 4.39 Å². The maximum Gasteiger partial charge on any atom is 0.351 e. The summed E-state index contributed by atoms with van der Waals surface area (Å²) in [5.74, 6) is -2.78. The van der Waals surface area contributed by atoms with Gasteiger partial charge in [-0.1, -0.05) is 54.8 Å². The number of anilines is 1. The first kappa shape index (κ1) is 32.9. The van der Waals surface area contributed by atoms with Gasteiger partial charge in [0.25, 0.3) is 0 Å². The van der Waals surface area contributed by atoms with Crippen LogP contribution in [0.4, 0.5) is 10.2 Å². The van der Waals surface area contributed by atoms with Crippen LogP contribution in [0.25, 0.3) is 10.4 Å². The lowest BCUT2D eigenvalue weighted by molar-refractivity contribution is -0.142. The number of ether oxygens (including phenoxy) is 4. The van der Waals surface area contributed by atoms with Gasteiger partial charge in [-0.2, -0.15) is 4.98 Å². The molecular formula is C29H28ClFN6O8. The van der Waals surface area contributed by atoms with Gasteiger partial charge in [0.2, 0.25) is 5.72 Å². The zero-order valence-electron chi connectivity index (χ0n) is 24.2. The molecule has 0 saturated carbocycles. The molecule has 45 heavy (non-hydrogen) atoms. The highest BCUT2D eigenvalue weighted by Crippen LogP contribution is 2.42. The Morgan fingerprint density at radius 1 is 1.16 bits per heavy atom. The standard InChI is InChI=1S/C29H28ClFN6O8/c1-16(2)22(27(40)42-3)33-20-12-13-37(28(41)34-20)24-21(31)23(44-26(39)17-8-5-4-6-9-17)29(45-24,35-36-32)15-43-25(38)18-10-7-11-19(30)14-18/h4-14,16,21-24H,15H2,1-3H3,(H,33,34,41)/t21-,22+,23?,24?,29+/m0/s1. The highest BCUT2D eigenvalue weighted by atomic mass is 35.5. The van der Waals surface area contributed by atoms with E-state index in [-0.39, 0.29) is 27.9 Å². The minimum Gasteiger partial charge on any atom is -0.467 e. The summed E-state index contributed by atoms with van der Waals surface area (Å²) in [6.45, 7) is 2.59. The normalized spacial score (nSPS) is 21.3. The topological polar surface area (TPSA) is 184 Å². The van der Waals surface area contributed by atoms with Crippen LogP contribution < -0.4 is 11.0 Å². The van der Waals surface area contributed by atoms with Crippen molar-refractivity contribution in [3.8, 4) is 0 Å². The van der Waals surface area contributed by atoms with E-state index < -0.39 is 60.5 Å². The number of nitrogens with one attached hydrogen (secondary N) is 1. The average Bonchev–Trinajstić information content (AvgIpc) is 3.29. The minimum absolute atomic E-state index is 0.0161. The number of rotatable bonds is 11. The molecule has 0 spiro atoms. The summed E-state index contributed by atoms with van der Waals surface area (Å²) >= 11 is 5.96. The number of halogens is 2. The molecule has 1 saturated heterocycles. The molecule has 16 heteroatoms. The van der Waals surface area contributed by atoms with Crippen molar-refractivity contribution < 1.29 is 37.7 Å². The monoisotopic (exact) mass is 642 g/mol. The Balaban J connectivity index is 1.68. The molecule has 5 atom stereocenters. The second-order valence-electron chi connectivity index (χ2n) is 10.2. The summed E-state index contributed by atoms with van der Waals surface area (Å²) in [4.78, 5) is 57.7. The number of methoxy groups -OCH3 is 1. The fourth-order valence-electron chi connectivity index (χ4n) is 4.50. The predicted molar refractivity (Wildman–Crippen MR) is 157 cm³/mol. The summed E-state index contributed by atoms with van der Waals surface area (Å²) in [5, 5.41) is 6.61. The molecule has 3 aromatic rings. The van der Waals surface area contributed by atoms with E-state index in [4.69, 9.17) is 30.5 Å². The number of aromatic nitrogens is 2. The van der Waals surface area contributed by atoms with Crippen LogP contribution in [-0.2, 0) is 23.7 Å². The number of nitrogens with zero attached hydrogens (tertiary/aromatic N) is 5. The van der Waals surface area contributed by atoms with Crippen molar-refractivity contribution >= 4 is 35.3 Å². The van der Waals surface area contributed by atoms with E-state index in [9.17, 15) is 24.7 Å². The van der Waals surface area contributed by atoms with Gasteiger partial charge in [-0.05, 0) is 47.8 Å². The molecule has 2 heterocycles. The number of hydrogen-bond donors (Lipinski definition) is 1. The molecule has 0 aliphatic carbocycles. The van der Waals surface area contributed by atoms with E-state index in [1.807, 2.05) is 0 Å². The number of benzene rings is 2. The molecule has 236 valence electrons. The Labute approximate surface area is 260 Å². The Bertz CT molecular complexity index is 1670. The van der Waals surface area contributed by atoms with Crippen LogP contribution >= 0.6 is 11.6 Å². The SMILES string of the molecule is COC(=O)[C@H](Nc1ccn(C2O[C@@](COC(=O)c3cccc(Cl)c3)(N=[N+]=[N-])C(OC(=O)c3ccccc3)[C@@H]2F)c(=O)n1)C(C)C. The molecule has 1 aliphatic heterocycles. The molecule has 1 aliphatic rings. The predicted octanol–water partition coefficient (Wildman–Crippen LogP) is 4.46. The summed E-state index contributed by atoms with van der Waals surface area (Å²) < 4.78 is 38.4. The molecule has 1 aromatic heterocycles. The van der Waals surface area contributed by atoms with Gasteiger partial charge in [0.15, 0.2) is 18.5 Å². The number of carbonyl (C=O) groups excluding carboxylic acids is 3. The van der Waals surface area contributed by atoms with Crippen LogP contribution in [0.2, 0.25) is 5.02 Å². The van der Waals surface area contributed by atoms with Crippen molar-refractivity contribution in [2.75, 3.05) is 19.0 Å². The van der Waals surface area contributed by atoms with E-state index in [0.29, 0.717) is 0 Å². The molecule has 0 radical (unpaired) electrons. The van der Waals surface area contributed by atoms with Crippen molar-refractivity contribution in [3.05, 3.63) is 104 Å². The molecular weight excluding hydrogens is 615 g/mol. The van der Waals surface area contributed by atoms with E-state index in [1.165, 1.54) is 49.6 Å². The Hall–Kier alpha value is -4.98. The van der Waals surface area contributed by atoms with Crippen LogP contribution in [0.1, 0.15) is 40.8 Å². The first-order chi connectivity index (χ1) is 21.5. The maximum absolute atomic E-state index is 16.3. The first-order valence-corrected chi connectivity index (χ1v) is 13.9. The Kier molecular flexibility index (Phi) is 10.4. The average molecular weight is 643 g/mol. The van der Waals surface area contributed by atoms with E-state index in [2.05, 4.69) is 20.3 Å². The lowest BCUT2D eigenvalue weighted by Gasteiger charge is -2.28.